The first-order chi connectivity index (χ1) is 11.6. The highest BCUT2D eigenvalue weighted by molar-refractivity contribution is 4.91. The van der Waals surface area contributed by atoms with Crippen LogP contribution >= 0.6 is 0 Å². The topological polar surface area (TPSA) is 0 Å². The maximum absolute atomic E-state index is 2.63. The van der Waals surface area contributed by atoms with E-state index in [1.165, 1.54) is 60.3 Å². The van der Waals surface area contributed by atoms with Gasteiger partial charge in [-0.25, -0.2) is 0 Å². The molecule has 0 saturated carbocycles. The Hall–Kier alpha value is -0.0800. The Labute approximate surface area is 165 Å². The molecule has 0 aliphatic carbocycles. The highest BCUT2D eigenvalue weighted by atomic mass is 15.6. The average molecular weight is 367 g/mol. The Balaban J connectivity index is 2.73. The van der Waals surface area contributed by atoms with Crippen LogP contribution in [0, 0.1) is 0 Å². The lowest BCUT2D eigenvalue weighted by molar-refractivity contribution is -1.19. The van der Waals surface area contributed by atoms with E-state index in [2.05, 4.69) is 76.4 Å². The molecular formula is C24H50N2+2. The van der Waals surface area contributed by atoms with Crippen LogP contribution in [0.5, 0.6) is 0 Å². The van der Waals surface area contributed by atoms with Crippen molar-refractivity contribution in [2.24, 2.45) is 0 Å². The molecule has 26 heavy (non-hydrogen) atoms. The molecule has 2 aliphatic rings. The van der Waals surface area contributed by atoms with Crippen LogP contribution in [-0.2, 0) is 0 Å². The van der Waals surface area contributed by atoms with Crippen molar-refractivity contribution < 1.29 is 8.97 Å². The minimum absolute atomic E-state index is 0.326. The maximum atomic E-state index is 2.63. The lowest BCUT2D eigenvalue weighted by Gasteiger charge is -2.71. The number of nitrogens with zero attached hydrogens (tertiary/aromatic N) is 2. The largest absolute Gasteiger partial charge is 0.268 e. The van der Waals surface area contributed by atoms with Gasteiger partial charge in [0.2, 0.25) is 6.17 Å². The summed E-state index contributed by atoms with van der Waals surface area (Å²) in [5, 5.41) is 0. The van der Waals surface area contributed by atoms with Gasteiger partial charge in [-0.2, -0.15) is 0 Å². The van der Waals surface area contributed by atoms with Crippen molar-refractivity contribution in [2.75, 3.05) is 14.1 Å². The zero-order valence-electron chi connectivity index (χ0n) is 20.1. The SMILES string of the molecule is CCCC([N+]1(C)C(C)(C)CCCC1(C)C)[N+]1(C)C(C)(C)CCCC1(C)C. The second-order valence-corrected chi connectivity index (χ2v) is 12.4. The van der Waals surface area contributed by atoms with E-state index in [4.69, 9.17) is 0 Å². The zero-order valence-corrected chi connectivity index (χ0v) is 20.1. The molecule has 2 nitrogen and oxygen atoms in total. The van der Waals surface area contributed by atoms with E-state index in [1.807, 2.05) is 0 Å². The van der Waals surface area contributed by atoms with Gasteiger partial charge < -0.3 is 0 Å². The molecule has 0 aromatic heterocycles. The molecule has 0 N–H and O–H groups in total. The molecule has 154 valence electrons. The fraction of sp³-hybridized carbons (Fsp3) is 1.00. The second-order valence-electron chi connectivity index (χ2n) is 12.4. The third kappa shape index (κ3) is 2.81. The Morgan fingerprint density at radius 2 is 0.885 bits per heavy atom. The molecule has 0 radical (unpaired) electrons. The zero-order chi connectivity index (χ0) is 20.2. The number of rotatable bonds is 4. The molecule has 0 aromatic carbocycles. The highest BCUT2D eigenvalue weighted by Gasteiger charge is 2.68. The molecule has 2 fully saturated rings. The summed E-state index contributed by atoms with van der Waals surface area (Å²) in [5.74, 6) is 0. The summed E-state index contributed by atoms with van der Waals surface area (Å²) < 4.78 is 2.44. The maximum Gasteiger partial charge on any atom is 0.217 e. The third-order valence-electron chi connectivity index (χ3n) is 9.92. The van der Waals surface area contributed by atoms with Gasteiger partial charge in [0.15, 0.2) is 0 Å². The number of quaternary nitrogens is 2. The Kier molecular flexibility index (Phi) is 5.53. The van der Waals surface area contributed by atoms with Gasteiger partial charge in [-0.05, 0) is 74.7 Å². The van der Waals surface area contributed by atoms with Crippen LogP contribution in [0.3, 0.4) is 0 Å². The van der Waals surface area contributed by atoms with Crippen LogP contribution in [0.1, 0.15) is 114 Å². The van der Waals surface area contributed by atoms with Gasteiger partial charge in [0.1, 0.15) is 0 Å². The Morgan fingerprint density at radius 1 is 0.615 bits per heavy atom. The molecular weight excluding hydrogens is 316 g/mol. The van der Waals surface area contributed by atoms with Gasteiger partial charge in [0.05, 0.1) is 42.7 Å². The summed E-state index contributed by atoms with van der Waals surface area (Å²) in [5.41, 5.74) is 1.30. The molecule has 2 aliphatic heterocycles. The number of hydrogen-bond acceptors (Lipinski definition) is 0. The molecule has 0 atom stereocenters. The monoisotopic (exact) mass is 366 g/mol. The van der Waals surface area contributed by atoms with E-state index in [0.717, 1.165) is 0 Å². The molecule has 0 unspecified atom stereocenters. The van der Waals surface area contributed by atoms with E-state index in [9.17, 15) is 0 Å². The van der Waals surface area contributed by atoms with Crippen LogP contribution in [0.2, 0.25) is 0 Å². The van der Waals surface area contributed by atoms with Crippen LogP contribution in [-0.4, -0.2) is 51.4 Å². The van der Waals surface area contributed by atoms with Gasteiger partial charge in [0.25, 0.3) is 0 Å². The second kappa shape index (κ2) is 6.48. The van der Waals surface area contributed by atoms with Crippen molar-refractivity contribution in [2.45, 2.75) is 142 Å². The molecule has 0 bridgehead atoms. The summed E-state index contributed by atoms with van der Waals surface area (Å²) in [6.07, 6.45) is 11.4. The minimum atomic E-state index is 0.326. The van der Waals surface area contributed by atoms with Crippen molar-refractivity contribution in [3.63, 3.8) is 0 Å². The Morgan fingerprint density at radius 3 is 1.12 bits per heavy atom. The predicted molar refractivity (Wildman–Crippen MR) is 115 cm³/mol. The normalized spacial score (nSPS) is 30.9. The van der Waals surface area contributed by atoms with Crippen LogP contribution in [0.25, 0.3) is 0 Å². The highest BCUT2D eigenvalue weighted by Crippen LogP contribution is 2.55. The smallest absolute Gasteiger partial charge is 0.217 e. The molecule has 0 spiro atoms. The fourth-order valence-electron chi connectivity index (χ4n) is 7.33. The van der Waals surface area contributed by atoms with Gasteiger partial charge in [0, 0.05) is 25.7 Å². The lowest BCUT2D eigenvalue weighted by atomic mass is 9.71. The third-order valence-corrected chi connectivity index (χ3v) is 9.92. The molecule has 2 heterocycles. The summed E-state index contributed by atoms with van der Waals surface area (Å²) in [7, 11) is 5.26. The van der Waals surface area contributed by atoms with Crippen LogP contribution in [0.4, 0.5) is 0 Å². The molecule has 0 amide bonds. The number of piperidine rings is 2. The van der Waals surface area contributed by atoms with Gasteiger partial charge in [-0.3, -0.25) is 8.97 Å². The van der Waals surface area contributed by atoms with Gasteiger partial charge in [-0.15, -0.1) is 0 Å². The van der Waals surface area contributed by atoms with E-state index in [-0.39, 0.29) is 0 Å². The first-order valence-electron chi connectivity index (χ1n) is 11.3. The number of likely N-dealkylation sites (tertiary alicyclic amines) is 2. The van der Waals surface area contributed by atoms with E-state index < -0.39 is 0 Å². The average Bonchev–Trinajstić information content (AvgIpc) is 2.47. The Bertz CT molecular complexity index is 436. The standard InChI is InChI=1S/C24H50N2/c1-12-15-20(25(10)21(2,3)16-13-17-22(25,4)5)26(11)23(6,7)18-14-19-24(26,8)9/h20H,12-19H2,1-11H3/q+2. The van der Waals surface area contributed by atoms with Crippen molar-refractivity contribution in [1.29, 1.82) is 0 Å². The van der Waals surface area contributed by atoms with Crippen molar-refractivity contribution in [3.05, 3.63) is 0 Å². The first kappa shape index (κ1) is 22.2. The molecule has 2 rings (SSSR count). The van der Waals surface area contributed by atoms with Crippen molar-refractivity contribution in [1.82, 2.24) is 0 Å². The quantitative estimate of drug-likeness (QED) is 0.499. The van der Waals surface area contributed by atoms with E-state index in [0.29, 0.717) is 28.3 Å². The van der Waals surface area contributed by atoms with Gasteiger partial charge >= 0.3 is 0 Å². The lowest BCUT2D eigenvalue weighted by Crippen LogP contribution is -2.86. The summed E-state index contributed by atoms with van der Waals surface area (Å²) in [6, 6.07) is 0. The van der Waals surface area contributed by atoms with E-state index >= 15 is 0 Å². The molecule has 2 saturated heterocycles. The van der Waals surface area contributed by atoms with Crippen molar-refractivity contribution >= 4 is 0 Å². The van der Waals surface area contributed by atoms with Gasteiger partial charge in [-0.1, -0.05) is 6.92 Å². The van der Waals surface area contributed by atoms with Crippen LogP contribution < -0.4 is 0 Å². The minimum Gasteiger partial charge on any atom is -0.268 e. The molecule has 0 aromatic rings. The summed E-state index contributed by atoms with van der Waals surface area (Å²) >= 11 is 0. The fourth-order valence-corrected chi connectivity index (χ4v) is 7.33. The van der Waals surface area contributed by atoms with Crippen LogP contribution in [0.15, 0.2) is 0 Å². The summed E-state index contributed by atoms with van der Waals surface area (Å²) in [6.45, 7) is 22.9. The summed E-state index contributed by atoms with van der Waals surface area (Å²) in [4.78, 5) is 0. The molecule has 2 heteroatoms. The van der Waals surface area contributed by atoms with E-state index in [1.54, 1.807) is 0 Å². The first-order valence-corrected chi connectivity index (χ1v) is 11.3. The van der Waals surface area contributed by atoms with Crippen molar-refractivity contribution in [3.8, 4) is 0 Å². The predicted octanol–water partition coefficient (Wildman–Crippen LogP) is 6.49. The number of hydrogen-bond donors (Lipinski definition) is 0.